The normalized spacial score (nSPS) is 10.9. The molecule has 0 fully saturated rings. The molecule has 1 heterocycles. The van der Waals surface area contributed by atoms with E-state index < -0.39 is 0 Å². The fraction of sp³-hybridized carbons (Fsp3) is 0.267. The van der Waals surface area contributed by atoms with Crippen molar-refractivity contribution < 1.29 is 9.90 Å². The summed E-state index contributed by atoms with van der Waals surface area (Å²) in [6.45, 7) is 2.97. The number of ketones is 1. The number of nitrogens with zero attached hydrogens (tertiary/aromatic N) is 1. The van der Waals surface area contributed by atoms with Crippen LogP contribution in [0, 0.1) is 0 Å². The van der Waals surface area contributed by atoms with E-state index in [2.05, 4.69) is 21.7 Å². The average Bonchev–Trinajstić information content (AvgIpc) is 2.84. The van der Waals surface area contributed by atoms with E-state index >= 15 is 0 Å². The number of benzene rings is 1. The number of Topliss-reactive ketones (excluding diaryl/α,β-unsaturated/α-hetero) is 1. The van der Waals surface area contributed by atoms with Gasteiger partial charge in [-0.05, 0) is 54.6 Å². The summed E-state index contributed by atoms with van der Waals surface area (Å²) in [4.78, 5) is 13.5. The van der Waals surface area contributed by atoms with Crippen LogP contribution in [-0.4, -0.2) is 22.8 Å². The summed E-state index contributed by atoms with van der Waals surface area (Å²) < 4.78 is 0. The van der Waals surface area contributed by atoms with Crippen LogP contribution in [0.2, 0.25) is 0 Å². The molecular weight excluding hydrogens is 258 g/mol. The van der Waals surface area contributed by atoms with Gasteiger partial charge in [0.1, 0.15) is 5.75 Å². The number of hydrogen-bond acceptors (Lipinski definition) is 4. The van der Waals surface area contributed by atoms with E-state index in [9.17, 15) is 9.90 Å². The maximum absolute atomic E-state index is 11.4. The van der Waals surface area contributed by atoms with Crippen molar-refractivity contribution in [3.63, 3.8) is 0 Å². The molecule has 4 heteroatoms. The zero-order chi connectivity index (χ0) is 13.8. The number of carbonyl (C=O) groups excluding carboxylic acids is 1. The third-order valence-electron chi connectivity index (χ3n) is 2.96. The van der Waals surface area contributed by atoms with Crippen LogP contribution < -0.4 is 0 Å². The van der Waals surface area contributed by atoms with Crippen LogP contribution in [0.4, 0.5) is 0 Å². The first-order valence-corrected chi connectivity index (χ1v) is 7.03. The Bertz CT molecular complexity index is 564. The molecule has 3 nitrogen and oxygen atoms in total. The summed E-state index contributed by atoms with van der Waals surface area (Å²) in [6.07, 6.45) is 0. The van der Waals surface area contributed by atoms with Crippen LogP contribution in [-0.2, 0) is 13.1 Å². The van der Waals surface area contributed by atoms with Crippen molar-refractivity contribution in [2.75, 3.05) is 7.05 Å². The minimum atomic E-state index is 0.0155. The van der Waals surface area contributed by atoms with E-state index in [1.54, 1.807) is 29.5 Å². The van der Waals surface area contributed by atoms with Crippen LogP contribution in [0.3, 0.4) is 0 Å². The Morgan fingerprint density at radius 3 is 2.74 bits per heavy atom. The van der Waals surface area contributed by atoms with Gasteiger partial charge in [0.05, 0.1) is 0 Å². The number of phenolic OH excluding ortho intramolecular Hbond substituents is 1. The molecule has 0 saturated carbocycles. The third-order valence-corrected chi connectivity index (χ3v) is 3.69. The number of phenols is 1. The van der Waals surface area contributed by atoms with E-state index in [0.717, 1.165) is 12.1 Å². The van der Waals surface area contributed by atoms with Gasteiger partial charge in [0.2, 0.25) is 0 Å². The predicted octanol–water partition coefficient (Wildman–Crippen LogP) is 3.29. The molecule has 0 aliphatic rings. The summed E-state index contributed by atoms with van der Waals surface area (Å²) in [5.41, 5.74) is 2.68. The van der Waals surface area contributed by atoms with Gasteiger partial charge in [-0.15, -0.1) is 0 Å². The lowest BCUT2D eigenvalue weighted by atomic mass is 10.1. The minimum absolute atomic E-state index is 0.0155. The van der Waals surface area contributed by atoms with Gasteiger partial charge >= 0.3 is 0 Å². The van der Waals surface area contributed by atoms with E-state index in [1.165, 1.54) is 12.5 Å². The fourth-order valence-corrected chi connectivity index (χ4v) is 2.63. The van der Waals surface area contributed by atoms with Crippen molar-refractivity contribution in [2.45, 2.75) is 20.0 Å². The molecule has 0 amide bonds. The van der Waals surface area contributed by atoms with Gasteiger partial charge < -0.3 is 5.11 Å². The lowest BCUT2D eigenvalue weighted by Gasteiger charge is -2.17. The third kappa shape index (κ3) is 3.66. The lowest BCUT2D eigenvalue weighted by molar-refractivity contribution is 0.101. The predicted molar refractivity (Wildman–Crippen MR) is 77.6 cm³/mol. The first-order valence-electron chi connectivity index (χ1n) is 6.08. The first-order chi connectivity index (χ1) is 9.06. The van der Waals surface area contributed by atoms with Gasteiger partial charge in [0, 0.05) is 24.2 Å². The van der Waals surface area contributed by atoms with Crippen LogP contribution in [0.5, 0.6) is 5.75 Å². The smallest absolute Gasteiger partial charge is 0.159 e. The maximum atomic E-state index is 11.4. The highest BCUT2D eigenvalue weighted by Gasteiger charge is 2.09. The van der Waals surface area contributed by atoms with Crippen LogP contribution >= 0.6 is 11.3 Å². The molecular formula is C15H17NO2S. The molecule has 1 aromatic heterocycles. The molecule has 2 rings (SSSR count). The molecule has 0 spiro atoms. The van der Waals surface area contributed by atoms with Crippen LogP contribution in [0.1, 0.15) is 28.4 Å². The second kappa shape index (κ2) is 5.99. The molecule has 0 aliphatic heterocycles. The average molecular weight is 275 g/mol. The number of aromatic hydroxyl groups is 1. The fourth-order valence-electron chi connectivity index (χ4n) is 1.97. The SMILES string of the molecule is CC(=O)c1ccc(O)c(CN(C)Cc2ccsc2)c1. The second-order valence-corrected chi connectivity index (χ2v) is 5.48. The van der Waals surface area contributed by atoms with Crippen molar-refractivity contribution in [2.24, 2.45) is 0 Å². The van der Waals surface area contributed by atoms with E-state index in [-0.39, 0.29) is 11.5 Å². The van der Waals surface area contributed by atoms with Crippen molar-refractivity contribution in [3.8, 4) is 5.75 Å². The molecule has 19 heavy (non-hydrogen) atoms. The Morgan fingerprint density at radius 2 is 2.11 bits per heavy atom. The van der Waals surface area contributed by atoms with Crippen molar-refractivity contribution >= 4 is 17.1 Å². The summed E-state index contributed by atoms with van der Waals surface area (Å²) >= 11 is 1.68. The largest absolute Gasteiger partial charge is 0.508 e. The van der Waals surface area contributed by atoms with Gasteiger partial charge in [0.15, 0.2) is 5.78 Å². The van der Waals surface area contributed by atoms with Crippen molar-refractivity contribution in [3.05, 3.63) is 51.7 Å². The Kier molecular flexibility index (Phi) is 4.35. The molecule has 0 saturated heterocycles. The zero-order valence-corrected chi connectivity index (χ0v) is 11.9. The van der Waals surface area contributed by atoms with Gasteiger partial charge in [-0.25, -0.2) is 0 Å². The second-order valence-electron chi connectivity index (χ2n) is 4.70. The quantitative estimate of drug-likeness (QED) is 0.851. The Balaban J connectivity index is 2.09. The van der Waals surface area contributed by atoms with Gasteiger partial charge in [0.25, 0.3) is 0 Å². The number of carbonyl (C=O) groups is 1. The van der Waals surface area contributed by atoms with E-state index in [4.69, 9.17) is 0 Å². The van der Waals surface area contributed by atoms with Crippen molar-refractivity contribution in [1.29, 1.82) is 0 Å². The van der Waals surface area contributed by atoms with Crippen molar-refractivity contribution in [1.82, 2.24) is 4.90 Å². The zero-order valence-electron chi connectivity index (χ0n) is 11.1. The van der Waals surface area contributed by atoms with Crippen LogP contribution in [0.25, 0.3) is 0 Å². The molecule has 100 valence electrons. The summed E-state index contributed by atoms with van der Waals surface area (Å²) in [5, 5.41) is 14.0. The highest BCUT2D eigenvalue weighted by molar-refractivity contribution is 7.07. The molecule has 0 radical (unpaired) electrons. The van der Waals surface area contributed by atoms with E-state index in [0.29, 0.717) is 12.1 Å². The maximum Gasteiger partial charge on any atom is 0.159 e. The number of hydrogen-bond donors (Lipinski definition) is 1. The monoisotopic (exact) mass is 275 g/mol. The topological polar surface area (TPSA) is 40.5 Å². The molecule has 0 aliphatic carbocycles. The Hall–Kier alpha value is -1.65. The van der Waals surface area contributed by atoms with Gasteiger partial charge in [-0.1, -0.05) is 0 Å². The number of thiophene rings is 1. The minimum Gasteiger partial charge on any atom is -0.508 e. The summed E-state index contributed by atoms with van der Waals surface area (Å²) in [7, 11) is 2.00. The number of rotatable bonds is 5. The molecule has 0 unspecified atom stereocenters. The summed E-state index contributed by atoms with van der Waals surface area (Å²) in [5.74, 6) is 0.254. The molecule has 1 aromatic carbocycles. The highest BCUT2D eigenvalue weighted by Crippen LogP contribution is 2.21. The lowest BCUT2D eigenvalue weighted by Crippen LogP contribution is -2.17. The summed E-state index contributed by atoms with van der Waals surface area (Å²) in [6, 6.07) is 7.10. The van der Waals surface area contributed by atoms with Crippen LogP contribution in [0.15, 0.2) is 35.0 Å². The Morgan fingerprint density at radius 1 is 1.32 bits per heavy atom. The van der Waals surface area contributed by atoms with Gasteiger partial charge in [-0.3, -0.25) is 9.69 Å². The molecule has 0 atom stereocenters. The van der Waals surface area contributed by atoms with E-state index in [1.807, 2.05) is 7.05 Å². The van der Waals surface area contributed by atoms with Gasteiger partial charge in [-0.2, -0.15) is 11.3 Å². The molecule has 1 N–H and O–H groups in total. The standard InChI is InChI=1S/C15H17NO2S/c1-11(17)13-3-4-15(18)14(7-13)9-16(2)8-12-5-6-19-10-12/h3-7,10,18H,8-9H2,1-2H3. The molecule has 0 bridgehead atoms. The molecule has 2 aromatic rings. The Labute approximate surface area is 117 Å². The first kappa shape index (κ1) is 13.8. The highest BCUT2D eigenvalue weighted by atomic mass is 32.1.